The standard InChI is InChI=1S/C19H27N3O3S/c1-14-6-8-15(9-7-14)13-26-12-10-20-16(23)5-4-11-22-17(24)19(2,3)21-18(22)25/h6-9H,4-5,10-13H2,1-3H3,(H,20,23)(H,21,25). The molecule has 1 saturated heterocycles. The zero-order valence-electron chi connectivity index (χ0n) is 15.6. The second kappa shape index (κ2) is 9.07. The topological polar surface area (TPSA) is 78.5 Å². The third-order valence-electron chi connectivity index (χ3n) is 4.19. The molecular formula is C19H27N3O3S. The Bertz CT molecular complexity index is 658. The van der Waals surface area contributed by atoms with Crippen molar-refractivity contribution in [2.45, 2.75) is 44.9 Å². The Hall–Kier alpha value is -2.02. The molecule has 1 heterocycles. The molecule has 0 bridgehead atoms. The van der Waals surface area contributed by atoms with Gasteiger partial charge < -0.3 is 10.6 Å². The van der Waals surface area contributed by atoms with Crippen LogP contribution in [0, 0.1) is 6.92 Å². The number of benzene rings is 1. The van der Waals surface area contributed by atoms with Crippen LogP contribution in [0.15, 0.2) is 24.3 Å². The van der Waals surface area contributed by atoms with Crippen molar-refractivity contribution in [2.75, 3.05) is 18.8 Å². The first-order valence-electron chi connectivity index (χ1n) is 8.84. The summed E-state index contributed by atoms with van der Waals surface area (Å²) in [6.45, 7) is 6.30. The van der Waals surface area contributed by atoms with Crippen LogP contribution in [0.5, 0.6) is 0 Å². The van der Waals surface area contributed by atoms with Crippen LogP contribution in [0.1, 0.15) is 37.8 Å². The Balaban J connectivity index is 1.56. The minimum atomic E-state index is -0.853. The average molecular weight is 378 g/mol. The summed E-state index contributed by atoms with van der Waals surface area (Å²) in [6.07, 6.45) is 0.775. The van der Waals surface area contributed by atoms with E-state index in [0.717, 1.165) is 11.5 Å². The maximum absolute atomic E-state index is 12.0. The number of amides is 4. The Morgan fingerprint density at radius 1 is 1.23 bits per heavy atom. The SMILES string of the molecule is Cc1ccc(CSCCNC(=O)CCCN2C(=O)NC(C)(C)C2=O)cc1. The van der Waals surface area contributed by atoms with Crippen LogP contribution in [-0.4, -0.2) is 47.1 Å². The number of hydrogen-bond donors (Lipinski definition) is 2. The molecule has 4 amide bonds. The highest BCUT2D eigenvalue weighted by atomic mass is 32.2. The highest BCUT2D eigenvalue weighted by Crippen LogP contribution is 2.17. The number of nitrogens with zero attached hydrogens (tertiary/aromatic N) is 1. The van der Waals surface area contributed by atoms with Crippen LogP contribution in [0.25, 0.3) is 0 Å². The van der Waals surface area contributed by atoms with Crippen LogP contribution in [0.4, 0.5) is 4.79 Å². The van der Waals surface area contributed by atoms with Crippen LogP contribution >= 0.6 is 11.8 Å². The first-order chi connectivity index (χ1) is 12.3. The maximum Gasteiger partial charge on any atom is 0.325 e. The van der Waals surface area contributed by atoms with Crippen LogP contribution in [0.3, 0.4) is 0 Å². The molecule has 7 heteroatoms. The van der Waals surface area contributed by atoms with Gasteiger partial charge in [0.25, 0.3) is 5.91 Å². The molecule has 2 N–H and O–H groups in total. The monoisotopic (exact) mass is 377 g/mol. The number of urea groups is 1. The normalized spacial score (nSPS) is 15.9. The third-order valence-corrected chi connectivity index (χ3v) is 5.22. The molecule has 2 rings (SSSR count). The number of aryl methyl sites for hydroxylation is 1. The molecule has 142 valence electrons. The van der Waals surface area contributed by atoms with Crippen LogP contribution in [-0.2, 0) is 15.3 Å². The number of carbonyl (C=O) groups is 3. The molecule has 1 aliphatic heterocycles. The number of thioether (sulfide) groups is 1. The van der Waals surface area contributed by atoms with Gasteiger partial charge in [0.2, 0.25) is 5.91 Å². The molecule has 0 saturated carbocycles. The summed E-state index contributed by atoms with van der Waals surface area (Å²) in [5.41, 5.74) is 1.68. The van der Waals surface area contributed by atoms with E-state index >= 15 is 0 Å². The van der Waals surface area contributed by atoms with Gasteiger partial charge in [-0.3, -0.25) is 14.5 Å². The second-order valence-electron chi connectivity index (χ2n) is 7.00. The summed E-state index contributed by atoms with van der Waals surface area (Å²) in [4.78, 5) is 36.8. The van der Waals surface area contributed by atoms with E-state index in [0.29, 0.717) is 19.4 Å². The van der Waals surface area contributed by atoms with Crippen molar-refractivity contribution in [3.8, 4) is 0 Å². The van der Waals surface area contributed by atoms with Crippen molar-refractivity contribution in [3.63, 3.8) is 0 Å². The third kappa shape index (κ3) is 5.76. The van der Waals surface area contributed by atoms with Gasteiger partial charge in [-0.2, -0.15) is 11.8 Å². The Morgan fingerprint density at radius 3 is 2.54 bits per heavy atom. The lowest BCUT2D eigenvalue weighted by Crippen LogP contribution is -2.40. The molecular weight excluding hydrogens is 350 g/mol. The van der Waals surface area contributed by atoms with Gasteiger partial charge in [0.15, 0.2) is 0 Å². The average Bonchev–Trinajstić information content (AvgIpc) is 2.77. The fourth-order valence-electron chi connectivity index (χ4n) is 2.64. The van der Waals surface area contributed by atoms with Gasteiger partial charge in [-0.1, -0.05) is 29.8 Å². The van der Waals surface area contributed by atoms with Crippen molar-refractivity contribution >= 4 is 29.6 Å². The molecule has 0 aromatic heterocycles. The summed E-state index contributed by atoms with van der Waals surface area (Å²) in [7, 11) is 0. The molecule has 0 atom stereocenters. The van der Waals surface area contributed by atoms with Crippen molar-refractivity contribution in [1.29, 1.82) is 0 Å². The molecule has 0 radical (unpaired) electrons. The van der Waals surface area contributed by atoms with E-state index in [4.69, 9.17) is 0 Å². The van der Waals surface area contributed by atoms with Gasteiger partial charge >= 0.3 is 6.03 Å². The van der Waals surface area contributed by atoms with Gasteiger partial charge in [0.05, 0.1) is 0 Å². The summed E-state index contributed by atoms with van der Waals surface area (Å²) < 4.78 is 0. The Labute approximate surface area is 159 Å². The fourth-order valence-corrected chi connectivity index (χ4v) is 3.46. The zero-order valence-corrected chi connectivity index (χ0v) is 16.4. The van der Waals surface area contributed by atoms with E-state index in [1.807, 2.05) is 0 Å². The van der Waals surface area contributed by atoms with E-state index in [1.54, 1.807) is 25.6 Å². The number of imide groups is 1. The van der Waals surface area contributed by atoms with Crippen molar-refractivity contribution in [3.05, 3.63) is 35.4 Å². The van der Waals surface area contributed by atoms with Gasteiger partial charge in [0, 0.05) is 31.0 Å². The molecule has 6 nitrogen and oxygen atoms in total. The number of hydrogen-bond acceptors (Lipinski definition) is 4. The smallest absolute Gasteiger partial charge is 0.325 e. The predicted molar refractivity (Wildman–Crippen MR) is 104 cm³/mol. The molecule has 1 aromatic rings. The quantitative estimate of drug-likeness (QED) is 0.512. The summed E-state index contributed by atoms with van der Waals surface area (Å²) in [5, 5.41) is 5.51. The number of rotatable bonds is 9. The van der Waals surface area contributed by atoms with Crippen LogP contribution in [0.2, 0.25) is 0 Å². The number of nitrogens with one attached hydrogen (secondary N) is 2. The molecule has 1 fully saturated rings. The van der Waals surface area contributed by atoms with Gasteiger partial charge in [-0.05, 0) is 32.8 Å². The van der Waals surface area contributed by atoms with Crippen molar-refractivity contribution < 1.29 is 14.4 Å². The predicted octanol–water partition coefficient (Wildman–Crippen LogP) is 2.46. The van der Waals surface area contributed by atoms with E-state index in [2.05, 4.69) is 41.8 Å². The molecule has 0 unspecified atom stereocenters. The molecule has 0 spiro atoms. The lowest BCUT2D eigenvalue weighted by atomic mass is 10.1. The largest absolute Gasteiger partial charge is 0.355 e. The van der Waals surface area contributed by atoms with Gasteiger partial charge in [-0.25, -0.2) is 4.79 Å². The van der Waals surface area contributed by atoms with E-state index < -0.39 is 5.54 Å². The first-order valence-corrected chi connectivity index (χ1v) is 9.99. The van der Waals surface area contributed by atoms with Gasteiger partial charge in [-0.15, -0.1) is 0 Å². The van der Waals surface area contributed by atoms with E-state index in [1.165, 1.54) is 16.0 Å². The Kier molecular flexibility index (Phi) is 7.08. The van der Waals surface area contributed by atoms with Crippen LogP contribution < -0.4 is 10.6 Å². The molecule has 1 aliphatic rings. The Morgan fingerprint density at radius 2 is 1.92 bits per heavy atom. The van der Waals surface area contributed by atoms with Crippen molar-refractivity contribution in [2.24, 2.45) is 0 Å². The molecule has 26 heavy (non-hydrogen) atoms. The van der Waals surface area contributed by atoms with Crippen molar-refractivity contribution in [1.82, 2.24) is 15.5 Å². The molecule has 0 aliphatic carbocycles. The minimum Gasteiger partial charge on any atom is -0.355 e. The van der Waals surface area contributed by atoms with Gasteiger partial charge in [0.1, 0.15) is 5.54 Å². The summed E-state index contributed by atoms with van der Waals surface area (Å²) >= 11 is 1.78. The lowest BCUT2D eigenvalue weighted by Gasteiger charge is -2.15. The summed E-state index contributed by atoms with van der Waals surface area (Å²) in [5.74, 6) is 1.49. The maximum atomic E-state index is 12.0. The zero-order chi connectivity index (χ0) is 19.2. The van der Waals surface area contributed by atoms with E-state index in [-0.39, 0.29) is 24.4 Å². The summed E-state index contributed by atoms with van der Waals surface area (Å²) in [6, 6.07) is 8.07. The fraction of sp³-hybridized carbons (Fsp3) is 0.526. The minimum absolute atomic E-state index is 0.0488. The lowest BCUT2D eigenvalue weighted by molar-refractivity contribution is -0.130. The second-order valence-corrected chi connectivity index (χ2v) is 8.11. The molecule has 1 aromatic carbocycles. The number of carbonyl (C=O) groups excluding carboxylic acids is 3. The first kappa shape index (κ1) is 20.3. The highest BCUT2D eigenvalue weighted by Gasteiger charge is 2.43. The highest BCUT2D eigenvalue weighted by molar-refractivity contribution is 7.98. The van der Waals surface area contributed by atoms with E-state index in [9.17, 15) is 14.4 Å².